The average Bonchev–Trinajstić information content (AvgIpc) is 2.90. The number of aromatic nitrogens is 1. The van der Waals surface area contributed by atoms with Crippen molar-refractivity contribution in [2.75, 3.05) is 4.90 Å². The third-order valence-corrected chi connectivity index (χ3v) is 3.81. The first kappa shape index (κ1) is 12.9. The maximum atomic E-state index is 4.44. The Bertz CT molecular complexity index is 724. The predicted molar refractivity (Wildman–Crippen MR) is 85.3 cm³/mol. The summed E-state index contributed by atoms with van der Waals surface area (Å²) >= 11 is 0. The van der Waals surface area contributed by atoms with Gasteiger partial charge in [0.15, 0.2) is 0 Å². The second kappa shape index (κ2) is 5.14. The number of benzene rings is 2. The zero-order chi connectivity index (χ0) is 12.7. The van der Waals surface area contributed by atoms with Crippen LogP contribution in [-0.2, 0) is 13.1 Å². The van der Waals surface area contributed by atoms with Gasteiger partial charge >= 0.3 is 0 Å². The van der Waals surface area contributed by atoms with E-state index in [0.717, 1.165) is 18.6 Å². The molecule has 0 radical (unpaired) electrons. The molecule has 2 heterocycles. The molecule has 0 N–H and O–H groups in total. The lowest BCUT2D eigenvalue weighted by Gasteiger charge is -2.19. The van der Waals surface area contributed by atoms with E-state index >= 15 is 0 Å². The molecule has 0 saturated heterocycles. The maximum absolute atomic E-state index is 4.44. The van der Waals surface area contributed by atoms with Gasteiger partial charge in [0.2, 0.25) is 0 Å². The summed E-state index contributed by atoms with van der Waals surface area (Å²) in [5.74, 6) is 0. The lowest BCUT2D eigenvalue weighted by Crippen LogP contribution is -2.14. The van der Waals surface area contributed by atoms with Crippen molar-refractivity contribution in [1.29, 1.82) is 0 Å². The van der Waals surface area contributed by atoms with E-state index in [1.165, 1.54) is 22.2 Å². The van der Waals surface area contributed by atoms with E-state index in [2.05, 4.69) is 58.4 Å². The quantitative estimate of drug-likeness (QED) is 0.666. The molecule has 0 fully saturated rings. The third kappa shape index (κ3) is 2.02. The molecule has 0 atom stereocenters. The SMILES string of the molecule is Cl.c1ccc2c(c1)CN(c1ccnc3ccccc13)C2. The molecular weight excluding hydrogens is 268 g/mol. The van der Waals surface area contributed by atoms with Crippen LogP contribution in [0, 0.1) is 0 Å². The topological polar surface area (TPSA) is 16.1 Å². The number of nitrogens with zero attached hydrogens (tertiary/aromatic N) is 2. The van der Waals surface area contributed by atoms with Gasteiger partial charge in [-0.25, -0.2) is 0 Å². The molecule has 0 aliphatic carbocycles. The molecule has 2 aromatic carbocycles. The van der Waals surface area contributed by atoms with Gasteiger partial charge in [-0.05, 0) is 23.3 Å². The van der Waals surface area contributed by atoms with Gasteiger partial charge in [0.25, 0.3) is 0 Å². The van der Waals surface area contributed by atoms with E-state index in [1.807, 2.05) is 12.3 Å². The molecule has 4 rings (SSSR count). The van der Waals surface area contributed by atoms with Gasteiger partial charge in [-0.15, -0.1) is 12.4 Å². The Kier molecular flexibility index (Phi) is 3.33. The minimum Gasteiger partial charge on any atom is -0.362 e. The highest BCUT2D eigenvalue weighted by Crippen LogP contribution is 2.32. The second-order valence-electron chi connectivity index (χ2n) is 4.97. The number of hydrogen-bond donors (Lipinski definition) is 0. The smallest absolute Gasteiger partial charge is 0.0722 e. The molecular formula is C17H15ClN2. The fraction of sp³-hybridized carbons (Fsp3) is 0.118. The Hall–Kier alpha value is -2.06. The van der Waals surface area contributed by atoms with Crippen molar-refractivity contribution in [3.8, 4) is 0 Å². The summed E-state index contributed by atoms with van der Waals surface area (Å²) < 4.78 is 0. The normalized spacial score (nSPS) is 13.1. The van der Waals surface area contributed by atoms with Gasteiger partial charge in [0.05, 0.1) is 5.52 Å². The summed E-state index contributed by atoms with van der Waals surface area (Å²) in [5, 5.41) is 1.23. The fourth-order valence-electron chi connectivity index (χ4n) is 2.86. The molecule has 0 saturated carbocycles. The molecule has 1 aliphatic rings. The van der Waals surface area contributed by atoms with Crippen LogP contribution in [0.4, 0.5) is 5.69 Å². The van der Waals surface area contributed by atoms with Crippen LogP contribution in [0.1, 0.15) is 11.1 Å². The molecule has 1 aromatic heterocycles. The standard InChI is InChI=1S/C17H14N2.ClH/c1-2-6-14-12-19(11-13(14)5-1)17-9-10-18-16-8-4-3-7-15(16)17;/h1-10H,11-12H2;1H. The average molecular weight is 283 g/mol. The first-order chi connectivity index (χ1) is 9.42. The highest BCUT2D eigenvalue weighted by atomic mass is 35.5. The molecule has 0 unspecified atom stereocenters. The Morgan fingerprint density at radius 3 is 2.20 bits per heavy atom. The van der Waals surface area contributed by atoms with Gasteiger partial charge in [-0.1, -0.05) is 42.5 Å². The first-order valence-electron chi connectivity index (χ1n) is 6.57. The van der Waals surface area contributed by atoms with Crippen LogP contribution in [-0.4, -0.2) is 4.98 Å². The van der Waals surface area contributed by atoms with Crippen LogP contribution in [0.2, 0.25) is 0 Å². The minimum absolute atomic E-state index is 0. The predicted octanol–water partition coefficient (Wildman–Crippen LogP) is 4.18. The van der Waals surface area contributed by atoms with Crippen molar-refractivity contribution in [3.63, 3.8) is 0 Å². The van der Waals surface area contributed by atoms with Crippen LogP contribution in [0.15, 0.2) is 60.8 Å². The number of fused-ring (bicyclic) bond motifs is 2. The molecule has 2 nitrogen and oxygen atoms in total. The van der Waals surface area contributed by atoms with E-state index in [-0.39, 0.29) is 12.4 Å². The third-order valence-electron chi connectivity index (χ3n) is 3.81. The number of para-hydroxylation sites is 1. The first-order valence-corrected chi connectivity index (χ1v) is 6.57. The Morgan fingerprint density at radius 1 is 0.800 bits per heavy atom. The summed E-state index contributed by atoms with van der Waals surface area (Å²) in [6.45, 7) is 1.98. The molecule has 0 amide bonds. The van der Waals surface area contributed by atoms with Crippen LogP contribution >= 0.6 is 12.4 Å². The van der Waals surface area contributed by atoms with Crippen LogP contribution in [0.3, 0.4) is 0 Å². The van der Waals surface area contributed by atoms with Crippen LogP contribution in [0.5, 0.6) is 0 Å². The van der Waals surface area contributed by atoms with Crippen molar-refractivity contribution in [2.45, 2.75) is 13.1 Å². The fourth-order valence-corrected chi connectivity index (χ4v) is 2.86. The molecule has 100 valence electrons. The number of halogens is 1. The van der Waals surface area contributed by atoms with Crippen molar-refractivity contribution in [2.24, 2.45) is 0 Å². The van der Waals surface area contributed by atoms with Gasteiger partial charge in [-0.2, -0.15) is 0 Å². The molecule has 0 spiro atoms. The van der Waals surface area contributed by atoms with Crippen LogP contribution in [0.25, 0.3) is 10.9 Å². The monoisotopic (exact) mass is 282 g/mol. The number of anilines is 1. The van der Waals surface area contributed by atoms with Gasteiger partial charge < -0.3 is 4.90 Å². The van der Waals surface area contributed by atoms with Crippen molar-refractivity contribution in [1.82, 2.24) is 4.98 Å². The number of pyridine rings is 1. The largest absolute Gasteiger partial charge is 0.362 e. The lowest BCUT2D eigenvalue weighted by molar-refractivity contribution is 0.884. The highest BCUT2D eigenvalue weighted by Gasteiger charge is 2.19. The van der Waals surface area contributed by atoms with Crippen molar-refractivity contribution < 1.29 is 0 Å². The summed E-state index contributed by atoms with van der Waals surface area (Å²) in [5.41, 5.74) is 5.21. The van der Waals surface area contributed by atoms with E-state index in [9.17, 15) is 0 Å². The van der Waals surface area contributed by atoms with Gasteiger partial charge in [-0.3, -0.25) is 4.98 Å². The molecule has 1 aliphatic heterocycles. The van der Waals surface area contributed by atoms with E-state index in [0.29, 0.717) is 0 Å². The molecule has 3 heteroatoms. The summed E-state index contributed by atoms with van der Waals surface area (Å²) in [7, 11) is 0. The highest BCUT2D eigenvalue weighted by molar-refractivity contribution is 5.91. The second-order valence-corrected chi connectivity index (χ2v) is 4.97. The maximum Gasteiger partial charge on any atom is 0.0722 e. The van der Waals surface area contributed by atoms with E-state index in [1.54, 1.807) is 0 Å². The zero-order valence-electron chi connectivity index (χ0n) is 11.0. The Balaban J connectivity index is 0.00000121. The Morgan fingerprint density at radius 2 is 1.45 bits per heavy atom. The van der Waals surface area contributed by atoms with E-state index in [4.69, 9.17) is 0 Å². The number of hydrogen-bond acceptors (Lipinski definition) is 2. The lowest BCUT2D eigenvalue weighted by atomic mass is 10.1. The Labute approximate surface area is 124 Å². The van der Waals surface area contributed by atoms with Crippen LogP contribution < -0.4 is 4.90 Å². The summed E-state index contributed by atoms with van der Waals surface area (Å²) in [6.07, 6.45) is 1.90. The minimum atomic E-state index is 0. The summed E-state index contributed by atoms with van der Waals surface area (Å²) in [6, 6.07) is 19.1. The van der Waals surface area contributed by atoms with Crippen molar-refractivity contribution in [3.05, 3.63) is 71.9 Å². The molecule has 3 aromatic rings. The molecule has 0 bridgehead atoms. The van der Waals surface area contributed by atoms with E-state index < -0.39 is 0 Å². The zero-order valence-corrected chi connectivity index (χ0v) is 11.8. The summed E-state index contributed by atoms with van der Waals surface area (Å²) in [4.78, 5) is 6.86. The van der Waals surface area contributed by atoms with Crippen molar-refractivity contribution >= 4 is 29.0 Å². The molecule has 20 heavy (non-hydrogen) atoms. The van der Waals surface area contributed by atoms with Gasteiger partial charge in [0.1, 0.15) is 0 Å². The number of rotatable bonds is 1. The van der Waals surface area contributed by atoms with Gasteiger partial charge in [0, 0.05) is 30.4 Å².